The van der Waals surface area contributed by atoms with Gasteiger partial charge in [0.25, 0.3) is 0 Å². The van der Waals surface area contributed by atoms with Gasteiger partial charge in [0.2, 0.25) is 17.7 Å². The predicted octanol–water partition coefficient (Wildman–Crippen LogP) is 1.43. The van der Waals surface area contributed by atoms with Gasteiger partial charge >= 0.3 is 5.97 Å². The number of rotatable bonds is 7. The molecular weight excluding hydrogens is 436 g/mol. The maximum Gasteiger partial charge on any atom is 0.338 e. The van der Waals surface area contributed by atoms with Crippen LogP contribution in [0.25, 0.3) is 0 Å². The Labute approximate surface area is 197 Å². The summed E-state index contributed by atoms with van der Waals surface area (Å²) in [5.41, 5.74) is -0.115. The fourth-order valence-electron chi connectivity index (χ4n) is 4.57. The maximum atomic E-state index is 13.6. The molecule has 0 radical (unpaired) electrons. The number of carbonyl (C=O) groups is 4. The first-order valence-corrected chi connectivity index (χ1v) is 11.5. The molecule has 2 aliphatic heterocycles. The van der Waals surface area contributed by atoms with E-state index in [9.17, 15) is 19.2 Å². The summed E-state index contributed by atoms with van der Waals surface area (Å²) in [7, 11) is 0. The van der Waals surface area contributed by atoms with Gasteiger partial charge in [-0.25, -0.2) is 4.79 Å². The molecule has 3 amide bonds. The van der Waals surface area contributed by atoms with Crippen molar-refractivity contribution in [1.82, 2.24) is 20.5 Å². The molecule has 2 saturated heterocycles. The molecule has 3 atom stereocenters. The summed E-state index contributed by atoms with van der Waals surface area (Å²) in [6.07, 6.45) is 3.20. The number of esters is 1. The topological polar surface area (TPSA) is 118 Å². The molecule has 34 heavy (non-hydrogen) atoms. The van der Waals surface area contributed by atoms with Crippen LogP contribution in [0.15, 0.2) is 54.7 Å². The van der Waals surface area contributed by atoms with E-state index in [1.165, 1.54) is 4.90 Å². The van der Waals surface area contributed by atoms with Crippen LogP contribution >= 0.6 is 0 Å². The van der Waals surface area contributed by atoms with Crippen LogP contribution in [0, 0.1) is 0 Å². The number of likely N-dealkylation sites (tertiary alicyclic amines) is 1. The fraction of sp³-hybridized carbons (Fsp3) is 0.400. The van der Waals surface area contributed by atoms with Crippen molar-refractivity contribution in [2.24, 2.45) is 0 Å². The van der Waals surface area contributed by atoms with Crippen molar-refractivity contribution in [2.45, 2.75) is 56.8 Å². The lowest BCUT2D eigenvalue weighted by molar-refractivity contribution is -0.165. The average Bonchev–Trinajstić information content (AvgIpc) is 3.50. The van der Waals surface area contributed by atoms with Crippen molar-refractivity contribution in [3.05, 3.63) is 66.0 Å². The molecule has 9 heteroatoms. The first-order valence-electron chi connectivity index (χ1n) is 11.5. The van der Waals surface area contributed by atoms with Crippen molar-refractivity contribution >= 4 is 23.7 Å². The molecule has 1 aromatic carbocycles. The van der Waals surface area contributed by atoms with Gasteiger partial charge in [0.05, 0.1) is 5.69 Å². The monoisotopic (exact) mass is 464 g/mol. The van der Waals surface area contributed by atoms with Crippen LogP contribution in [-0.2, 0) is 36.1 Å². The van der Waals surface area contributed by atoms with Gasteiger partial charge in [-0.1, -0.05) is 36.4 Å². The van der Waals surface area contributed by atoms with Gasteiger partial charge in [-0.3, -0.25) is 19.4 Å². The summed E-state index contributed by atoms with van der Waals surface area (Å²) in [5, 5.41) is 5.29. The van der Waals surface area contributed by atoms with E-state index in [2.05, 4.69) is 15.6 Å². The SMILES string of the molecule is C[C@H](NC(=O)[C@@H]1CCC(=O)N1)C(=O)N1CCC[C@]1(C(=O)OCc1ccccc1)c1ccccn1. The van der Waals surface area contributed by atoms with Crippen molar-refractivity contribution in [1.29, 1.82) is 0 Å². The molecule has 4 rings (SSSR count). The van der Waals surface area contributed by atoms with Crippen LogP contribution in [0.2, 0.25) is 0 Å². The number of nitrogens with zero attached hydrogens (tertiary/aromatic N) is 2. The number of ether oxygens (including phenoxy) is 1. The standard InChI is InChI=1S/C25H28N4O5/c1-17(27-22(31)19-11-12-21(30)28-19)23(32)29-15-7-13-25(29,20-10-5-6-14-26-20)24(33)34-16-18-8-3-2-4-9-18/h2-6,8-10,14,17,19H,7,11-13,15-16H2,1H3,(H,27,31)(H,28,30)/t17-,19-,25+/m0/s1. The van der Waals surface area contributed by atoms with Crippen LogP contribution in [-0.4, -0.2) is 52.2 Å². The highest BCUT2D eigenvalue weighted by molar-refractivity contribution is 5.96. The molecule has 0 aliphatic carbocycles. The molecule has 1 aromatic heterocycles. The van der Waals surface area contributed by atoms with E-state index < -0.39 is 35.4 Å². The lowest BCUT2D eigenvalue weighted by Crippen LogP contribution is -2.58. The number of benzene rings is 1. The Morgan fingerprint density at radius 1 is 1.21 bits per heavy atom. The minimum atomic E-state index is -1.38. The van der Waals surface area contributed by atoms with Gasteiger partial charge in [0.1, 0.15) is 18.7 Å². The summed E-state index contributed by atoms with van der Waals surface area (Å²) in [6.45, 7) is 1.98. The van der Waals surface area contributed by atoms with E-state index in [0.29, 0.717) is 31.5 Å². The third-order valence-electron chi connectivity index (χ3n) is 6.33. The van der Waals surface area contributed by atoms with Crippen LogP contribution < -0.4 is 10.6 Å². The van der Waals surface area contributed by atoms with E-state index in [4.69, 9.17) is 4.74 Å². The van der Waals surface area contributed by atoms with Gasteiger partial charge in [0, 0.05) is 19.2 Å². The second-order valence-electron chi connectivity index (χ2n) is 8.62. The summed E-state index contributed by atoms with van der Waals surface area (Å²) in [4.78, 5) is 56.9. The zero-order chi connectivity index (χ0) is 24.1. The number of nitrogens with one attached hydrogen (secondary N) is 2. The van der Waals surface area contributed by atoms with Crippen molar-refractivity contribution < 1.29 is 23.9 Å². The number of hydrogen-bond donors (Lipinski definition) is 2. The lowest BCUT2D eigenvalue weighted by Gasteiger charge is -2.37. The van der Waals surface area contributed by atoms with Gasteiger partial charge in [-0.05, 0) is 43.9 Å². The smallest absolute Gasteiger partial charge is 0.338 e. The zero-order valence-corrected chi connectivity index (χ0v) is 19.0. The van der Waals surface area contributed by atoms with Crippen LogP contribution in [0.3, 0.4) is 0 Å². The molecule has 9 nitrogen and oxygen atoms in total. The van der Waals surface area contributed by atoms with Gasteiger partial charge in [-0.2, -0.15) is 0 Å². The summed E-state index contributed by atoms with van der Waals surface area (Å²) < 4.78 is 5.70. The van der Waals surface area contributed by atoms with Crippen molar-refractivity contribution in [2.75, 3.05) is 6.54 Å². The molecular formula is C25H28N4O5. The Balaban J connectivity index is 1.55. The largest absolute Gasteiger partial charge is 0.459 e. The van der Waals surface area contributed by atoms with E-state index >= 15 is 0 Å². The number of carbonyl (C=O) groups excluding carboxylic acids is 4. The minimum Gasteiger partial charge on any atom is -0.459 e. The Morgan fingerprint density at radius 3 is 2.65 bits per heavy atom. The minimum absolute atomic E-state index is 0.0734. The summed E-state index contributed by atoms with van der Waals surface area (Å²) in [6, 6.07) is 13.0. The first-order chi connectivity index (χ1) is 16.4. The van der Waals surface area contributed by atoms with E-state index in [0.717, 1.165) is 5.56 Å². The third kappa shape index (κ3) is 4.64. The Morgan fingerprint density at radius 2 is 1.97 bits per heavy atom. The highest BCUT2D eigenvalue weighted by atomic mass is 16.5. The van der Waals surface area contributed by atoms with Crippen LogP contribution in [0.4, 0.5) is 0 Å². The average molecular weight is 465 g/mol. The fourth-order valence-corrected chi connectivity index (χ4v) is 4.57. The molecule has 178 valence electrons. The molecule has 2 fully saturated rings. The number of pyridine rings is 1. The van der Waals surface area contributed by atoms with Gasteiger partial charge < -0.3 is 20.3 Å². The van der Waals surface area contributed by atoms with Crippen LogP contribution in [0.5, 0.6) is 0 Å². The number of hydrogen-bond acceptors (Lipinski definition) is 6. The number of aromatic nitrogens is 1. The molecule has 0 bridgehead atoms. The molecule has 0 saturated carbocycles. The lowest BCUT2D eigenvalue weighted by atomic mass is 9.90. The zero-order valence-electron chi connectivity index (χ0n) is 19.0. The van der Waals surface area contributed by atoms with E-state index in [1.54, 1.807) is 31.3 Å². The molecule has 2 aliphatic rings. The van der Waals surface area contributed by atoms with Crippen molar-refractivity contribution in [3.8, 4) is 0 Å². The van der Waals surface area contributed by atoms with Crippen LogP contribution in [0.1, 0.15) is 43.9 Å². The van der Waals surface area contributed by atoms with Crippen molar-refractivity contribution in [3.63, 3.8) is 0 Å². The number of amides is 3. The maximum absolute atomic E-state index is 13.6. The second kappa shape index (κ2) is 10.0. The Hall–Kier alpha value is -3.75. The normalized spacial score (nSPS) is 22.7. The third-order valence-corrected chi connectivity index (χ3v) is 6.33. The first kappa shape index (κ1) is 23.4. The highest BCUT2D eigenvalue weighted by Gasteiger charge is 2.54. The molecule has 3 heterocycles. The molecule has 0 spiro atoms. The Bertz CT molecular complexity index is 1060. The molecule has 0 unspecified atom stereocenters. The quantitative estimate of drug-likeness (QED) is 0.599. The molecule has 2 aromatic rings. The molecule has 2 N–H and O–H groups in total. The second-order valence-corrected chi connectivity index (χ2v) is 8.62. The summed E-state index contributed by atoms with van der Waals surface area (Å²) in [5.74, 6) is -1.56. The van der Waals surface area contributed by atoms with Gasteiger partial charge in [-0.15, -0.1) is 0 Å². The summed E-state index contributed by atoms with van der Waals surface area (Å²) >= 11 is 0. The van der Waals surface area contributed by atoms with E-state index in [-0.39, 0.29) is 18.9 Å². The van der Waals surface area contributed by atoms with E-state index in [1.807, 2.05) is 30.3 Å². The highest BCUT2D eigenvalue weighted by Crippen LogP contribution is 2.40. The Kier molecular flexibility index (Phi) is 6.90. The predicted molar refractivity (Wildman–Crippen MR) is 122 cm³/mol. The van der Waals surface area contributed by atoms with Gasteiger partial charge in [0.15, 0.2) is 5.54 Å².